The molecule has 4 aliphatic rings. The van der Waals surface area contributed by atoms with Crippen molar-refractivity contribution in [3.05, 3.63) is 42.6 Å². The summed E-state index contributed by atoms with van der Waals surface area (Å²) in [6.45, 7) is 3.48. The first kappa shape index (κ1) is 42.9. The first-order valence-corrected chi connectivity index (χ1v) is 20.7. The summed E-state index contributed by atoms with van der Waals surface area (Å²) in [6.07, 6.45) is -1.05. The van der Waals surface area contributed by atoms with Gasteiger partial charge in [-0.1, -0.05) is 44.2 Å². The molecule has 58 heavy (non-hydrogen) atoms. The van der Waals surface area contributed by atoms with Crippen LogP contribution in [0.4, 0.5) is 22.4 Å². The van der Waals surface area contributed by atoms with E-state index in [1.54, 1.807) is 43.3 Å². The molecule has 3 heterocycles. The van der Waals surface area contributed by atoms with Crippen molar-refractivity contribution in [2.24, 2.45) is 17.8 Å². The van der Waals surface area contributed by atoms with E-state index in [9.17, 15) is 45.2 Å². The number of methoxy groups -OCH3 is 1. The van der Waals surface area contributed by atoms with E-state index in [1.165, 1.54) is 13.3 Å². The summed E-state index contributed by atoms with van der Waals surface area (Å²) >= 11 is 0. The lowest BCUT2D eigenvalue weighted by Gasteiger charge is -2.34. The van der Waals surface area contributed by atoms with Gasteiger partial charge in [-0.25, -0.2) is 22.6 Å². The zero-order chi connectivity index (χ0) is 42.4. The molecule has 7 atom stereocenters. The van der Waals surface area contributed by atoms with Gasteiger partial charge >= 0.3 is 12.3 Å². The molecule has 2 aliphatic heterocycles. The largest absolute Gasteiger partial charge is 0.494 e. The number of hydrogen-bond donors (Lipinski definition) is 3. The van der Waals surface area contributed by atoms with Gasteiger partial charge in [0, 0.05) is 23.1 Å². The Labute approximate surface area is 333 Å². The van der Waals surface area contributed by atoms with Crippen molar-refractivity contribution in [3.8, 4) is 11.6 Å². The fourth-order valence-corrected chi connectivity index (χ4v) is 9.18. The van der Waals surface area contributed by atoms with Crippen molar-refractivity contribution in [3.63, 3.8) is 0 Å². The molecule has 3 N–H and O–H groups in total. The highest BCUT2D eigenvalue weighted by Crippen LogP contribution is 2.48. The highest BCUT2D eigenvalue weighted by atomic mass is 32.2. The highest BCUT2D eigenvalue weighted by molar-refractivity contribution is 7.91. The number of allylic oxidation sites excluding steroid dienone is 1. The third-order valence-electron chi connectivity index (χ3n) is 11.8. The van der Waals surface area contributed by atoms with Crippen LogP contribution in [0.1, 0.15) is 72.6 Å². The average molecular weight is 840 g/mol. The van der Waals surface area contributed by atoms with Gasteiger partial charge in [-0.05, 0) is 70.3 Å². The summed E-state index contributed by atoms with van der Waals surface area (Å²) in [7, 11) is -2.98. The summed E-state index contributed by atoms with van der Waals surface area (Å²) in [6, 6.07) is 4.23. The fraction of sp³-hybridized carbons (Fsp3) is 0.615. The number of pyridine rings is 1. The molecule has 6 rings (SSSR count). The van der Waals surface area contributed by atoms with E-state index in [0.29, 0.717) is 49.6 Å². The van der Waals surface area contributed by atoms with Crippen LogP contribution in [0.5, 0.6) is 11.6 Å². The molecule has 2 saturated carbocycles. The molecular formula is C39H49F4N5O9S. The SMILES string of the molecule is COc1cnc(O[C@@H]2C[C@H]3C(=O)N[C@]4(C(=O)NS(=O)(=O)C5(CF)CC5)C[C@H]4/C=C\CC[C@@H](C)C[C@@H](C)[C@H](NC(=O)OC(C)(C)C(F)(F)F)C(=O)N3C2)c2ccccc12. The molecule has 2 aliphatic carbocycles. The zero-order valence-electron chi connectivity index (χ0n) is 32.9. The molecule has 1 aromatic heterocycles. The monoisotopic (exact) mass is 839 g/mol. The number of halogens is 4. The smallest absolute Gasteiger partial charge is 0.427 e. The minimum absolute atomic E-state index is 0.0131. The number of rotatable bonds is 9. The number of nitrogens with zero attached hydrogens (tertiary/aromatic N) is 2. The van der Waals surface area contributed by atoms with Gasteiger partial charge in [0.05, 0.1) is 19.9 Å². The highest BCUT2D eigenvalue weighted by Gasteiger charge is 2.64. The van der Waals surface area contributed by atoms with Crippen molar-refractivity contribution in [2.75, 3.05) is 20.3 Å². The summed E-state index contributed by atoms with van der Waals surface area (Å²) in [5.41, 5.74) is -4.67. The van der Waals surface area contributed by atoms with E-state index >= 15 is 0 Å². The van der Waals surface area contributed by atoms with Gasteiger partial charge in [0.25, 0.3) is 5.91 Å². The average Bonchev–Trinajstić information content (AvgIpc) is 4.06. The van der Waals surface area contributed by atoms with E-state index < -0.39 is 92.6 Å². The van der Waals surface area contributed by atoms with Crippen molar-refractivity contribution < 1.29 is 59.4 Å². The van der Waals surface area contributed by atoms with Crippen molar-refractivity contribution in [1.82, 2.24) is 25.2 Å². The lowest BCUT2D eigenvalue weighted by atomic mass is 9.88. The molecule has 4 amide bonds. The minimum atomic E-state index is -4.93. The molecule has 2 aromatic rings. The number of amides is 4. The number of nitrogens with one attached hydrogen (secondary N) is 3. The molecular weight excluding hydrogens is 791 g/mol. The van der Waals surface area contributed by atoms with Crippen molar-refractivity contribution >= 4 is 44.6 Å². The Hall–Kier alpha value is -4.68. The number of alkyl carbamates (subject to hydrolysis) is 1. The predicted molar refractivity (Wildman–Crippen MR) is 202 cm³/mol. The van der Waals surface area contributed by atoms with Crippen LogP contribution in [-0.2, 0) is 29.1 Å². The van der Waals surface area contributed by atoms with Gasteiger partial charge in [-0.2, -0.15) is 13.2 Å². The number of alkyl halides is 4. The quantitative estimate of drug-likeness (QED) is 0.233. The third kappa shape index (κ3) is 8.41. The first-order chi connectivity index (χ1) is 27.2. The number of fused-ring (bicyclic) bond motifs is 3. The summed E-state index contributed by atoms with van der Waals surface area (Å²) in [4.78, 5) is 61.7. The van der Waals surface area contributed by atoms with Crippen LogP contribution in [0.2, 0.25) is 0 Å². The third-order valence-corrected chi connectivity index (χ3v) is 13.9. The van der Waals surface area contributed by atoms with Gasteiger partial charge in [-0.15, -0.1) is 0 Å². The Morgan fingerprint density at radius 2 is 1.78 bits per heavy atom. The van der Waals surface area contributed by atoms with Crippen LogP contribution in [-0.4, -0.2) is 103 Å². The van der Waals surface area contributed by atoms with Gasteiger partial charge in [0.2, 0.25) is 33.3 Å². The van der Waals surface area contributed by atoms with Crippen LogP contribution in [0, 0.1) is 17.8 Å². The van der Waals surface area contributed by atoms with Gasteiger partial charge < -0.3 is 29.7 Å². The Kier molecular flexibility index (Phi) is 11.7. The Morgan fingerprint density at radius 3 is 2.41 bits per heavy atom. The number of carbonyl (C=O) groups is 4. The number of carbonyl (C=O) groups excluding carboxylic acids is 4. The van der Waals surface area contributed by atoms with E-state index in [2.05, 4.69) is 15.6 Å². The van der Waals surface area contributed by atoms with Gasteiger partial charge in [0.15, 0.2) is 0 Å². The maximum absolute atomic E-state index is 14.7. The van der Waals surface area contributed by atoms with Gasteiger partial charge in [0.1, 0.15) is 40.9 Å². The van der Waals surface area contributed by atoms with Crippen LogP contribution in [0.15, 0.2) is 42.6 Å². The molecule has 1 saturated heterocycles. The lowest BCUT2D eigenvalue weighted by molar-refractivity contribution is -0.244. The van der Waals surface area contributed by atoms with Crippen LogP contribution in [0.25, 0.3) is 10.8 Å². The summed E-state index contributed by atoms with van der Waals surface area (Å²) < 4.78 is 98.2. The number of ether oxygens (including phenoxy) is 3. The molecule has 19 heteroatoms. The molecule has 318 valence electrons. The second-order valence-electron chi connectivity index (χ2n) is 16.5. The Morgan fingerprint density at radius 1 is 1.09 bits per heavy atom. The molecule has 1 aromatic carbocycles. The summed E-state index contributed by atoms with van der Waals surface area (Å²) in [5.74, 6) is -3.48. The maximum Gasteiger partial charge on any atom is 0.427 e. The van der Waals surface area contributed by atoms with E-state index in [-0.39, 0.29) is 44.0 Å². The van der Waals surface area contributed by atoms with Gasteiger partial charge in [-0.3, -0.25) is 19.1 Å². The van der Waals surface area contributed by atoms with E-state index in [1.807, 2.05) is 11.6 Å². The topological polar surface area (TPSA) is 182 Å². The number of benzene rings is 1. The maximum atomic E-state index is 14.7. The second-order valence-corrected chi connectivity index (χ2v) is 18.6. The Balaban J connectivity index is 1.36. The lowest BCUT2D eigenvalue weighted by Crippen LogP contribution is -2.60. The van der Waals surface area contributed by atoms with Crippen molar-refractivity contribution in [1.29, 1.82) is 0 Å². The molecule has 3 fully saturated rings. The molecule has 0 bridgehead atoms. The normalized spacial score (nSPS) is 29.4. The van der Waals surface area contributed by atoms with E-state index in [0.717, 1.165) is 4.90 Å². The van der Waals surface area contributed by atoms with Crippen LogP contribution in [0.3, 0.4) is 0 Å². The zero-order valence-corrected chi connectivity index (χ0v) is 33.7. The molecule has 0 unspecified atom stereocenters. The number of sulfonamides is 1. The standard InChI is InChI=1S/C39H49F4N5O9S/c1-22-10-6-7-11-24-18-38(24,34(51)47-58(53,54)37(21-40)14-15-37)46-31(49)28-17-25(56-32-27-13-9-8-12-26(27)29(55-5)19-44-32)20-48(28)33(50)30(23(2)16-22)45-35(52)57-36(3,4)39(41,42)43/h7-9,11-13,19,22-25,28,30H,6,10,14-18,20-21H2,1-5H3,(H,45,52)(H,46,49)(H,47,51)/b11-7-/t22-,23-,24-,25-,28+,30+,38-/m1/s1. The minimum Gasteiger partial charge on any atom is -0.494 e. The predicted octanol–water partition coefficient (Wildman–Crippen LogP) is 4.86. The van der Waals surface area contributed by atoms with E-state index in [4.69, 9.17) is 14.2 Å². The molecule has 14 nitrogen and oxygen atoms in total. The number of hydrogen-bond acceptors (Lipinski definition) is 10. The molecule has 0 radical (unpaired) electrons. The summed E-state index contributed by atoms with van der Waals surface area (Å²) in [5, 5.41) is 6.30. The second kappa shape index (κ2) is 15.8. The first-order valence-electron chi connectivity index (χ1n) is 19.2. The fourth-order valence-electron chi connectivity index (χ4n) is 7.75. The molecule has 0 spiro atoms. The van der Waals surface area contributed by atoms with Crippen molar-refractivity contribution in [2.45, 2.75) is 113 Å². The van der Waals surface area contributed by atoms with Crippen LogP contribution < -0.4 is 24.8 Å². The number of aromatic nitrogens is 1. The Bertz CT molecular complexity index is 2080. The van der Waals surface area contributed by atoms with Crippen LogP contribution >= 0.6 is 0 Å².